The van der Waals surface area contributed by atoms with Gasteiger partial charge in [-0.3, -0.25) is 9.78 Å². The minimum atomic E-state index is -3.50. The fraction of sp³-hybridized carbons (Fsp3) is 0.222. The second-order valence-corrected chi connectivity index (χ2v) is 10.7. The number of sulfonamides is 1. The van der Waals surface area contributed by atoms with E-state index in [1.54, 1.807) is 42.9 Å². The van der Waals surface area contributed by atoms with Crippen molar-refractivity contribution in [3.63, 3.8) is 0 Å². The van der Waals surface area contributed by atoms with E-state index in [0.29, 0.717) is 43.1 Å². The highest BCUT2D eigenvalue weighted by Gasteiger charge is 2.29. The van der Waals surface area contributed by atoms with E-state index in [1.165, 1.54) is 8.99 Å². The zero-order valence-electron chi connectivity index (χ0n) is 20.2. The molecule has 0 atom stereocenters. The van der Waals surface area contributed by atoms with Gasteiger partial charge in [0.1, 0.15) is 12.3 Å². The molecule has 0 unspecified atom stereocenters. The molecule has 0 bridgehead atoms. The molecule has 0 amide bonds. The van der Waals surface area contributed by atoms with Crippen molar-refractivity contribution < 1.29 is 13.2 Å². The maximum absolute atomic E-state index is 13.5. The van der Waals surface area contributed by atoms with Gasteiger partial charge in [0, 0.05) is 38.6 Å². The Kier molecular flexibility index (Phi) is 7.29. The topological polar surface area (TPSA) is 97.6 Å². The van der Waals surface area contributed by atoms with E-state index in [9.17, 15) is 13.2 Å². The van der Waals surface area contributed by atoms with Gasteiger partial charge in [-0.2, -0.15) is 14.1 Å². The van der Waals surface area contributed by atoms with E-state index in [-0.39, 0.29) is 23.7 Å². The first kappa shape index (κ1) is 24.7. The number of para-hydroxylation sites is 1. The Morgan fingerprint density at radius 1 is 0.811 bits per heavy atom. The Morgan fingerprint density at radius 2 is 1.49 bits per heavy atom. The summed E-state index contributed by atoms with van der Waals surface area (Å²) < 4.78 is 34.8. The molecule has 37 heavy (non-hydrogen) atoms. The third kappa shape index (κ3) is 5.71. The van der Waals surface area contributed by atoms with Crippen LogP contribution < -0.4 is 15.2 Å². The predicted molar refractivity (Wildman–Crippen MR) is 141 cm³/mol. The van der Waals surface area contributed by atoms with E-state index in [1.807, 2.05) is 53.4 Å². The molecule has 1 saturated heterocycles. The van der Waals surface area contributed by atoms with Crippen LogP contribution in [0.2, 0.25) is 0 Å². The minimum Gasteiger partial charge on any atom is -0.481 e. The van der Waals surface area contributed by atoms with Crippen LogP contribution in [0.3, 0.4) is 0 Å². The van der Waals surface area contributed by atoms with Crippen molar-refractivity contribution in [3.8, 4) is 11.4 Å². The van der Waals surface area contributed by atoms with Crippen LogP contribution in [0.4, 0.5) is 5.69 Å². The summed E-state index contributed by atoms with van der Waals surface area (Å²) in [5, 5.41) is 4.41. The molecule has 4 aromatic rings. The number of piperazine rings is 1. The van der Waals surface area contributed by atoms with Crippen LogP contribution in [-0.2, 0) is 22.4 Å². The molecule has 9 nitrogen and oxygen atoms in total. The molecule has 0 N–H and O–H groups in total. The Bertz CT molecular complexity index is 1490. The lowest BCUT2D eigenvalue weighted by Gasteiger charge is -2.35. The molecule has 0 aliphatic carbocycles. The summed E-state index contributed by atoms with van der Waals surface area (Å²) in [6.07, 6.45) is 4.80. The number of nitrogens with zero attached hydrogens (tertiary/aromatic N) is 5. The highest BCUT2D eigenvalue weighted by atomic mass is 32.2. The van der Waals surface area contributed by atoms with Crippen molar-refractivity contribution in [2.75, 3.05) is 31.1 Å². The van der Waals surface area contributed by atoms with E-state index in [0.717, 1.165) is 5.56 Å². The highest BCUT2D eigenvalue weighted by molar-refractivity contribution is 7.88. The molecule has 0 saturated carbocycles. The van der Waals surface area contributed by atoms with Gasteiger partial charge in [-0.25, -0.2) is 8.42 Å². The van der Waals surface area contributed by atoms with Gasteiger partial charge in [-0.05, 0) is 29.3 Å². The number of hydrogen-bond donors (Lipinski definition) is 0. The smallest absolute Gasteiger partial charge is 0.316 e. The van der Waals surface area contributed by atoms with Gasteiger partial charge < -0.3 is 9.64 Å². The van der Waals surface area contributed by atoms with Gasteiger partial charge in [0.25, 0.3) is 0 Å². The number of rotatable bonds is 8. The van der Waals surface area contributed by atoms with Gasteiger partial charge in [0.15, 0.2) is 0 Å². The van der Waals surface area contributed by atoms with Crippen molar-refractivity contribution in [1.29, 1.82) is 0 Å². The van der Waals surface area contributed by atoms with Crippen LogP contribution in [0, 0.1) is 0 Å². The van der Waals surface area contributed by atoms with Crippen molar-refractivity contribution in [2.24, 2.45) is 0 Å². The second-order valence-electron chi connectivity index (χ2n) is 8.69. The van der Waals surface area contributed by atoms with Crippen molar-refractivity contribution in [3.05, 3.63) is 113 Å². The maximum Gasteiger partial charge on any atom is 0.316 e. The SMILES string of the molecule is O=c1c(OCc2ccccc2)c(N2CCN(S(=O)(=O)Cc3cccnc3)CC2)cnn1-c1ccccc1. The zero-order valence-corrected chi connectivity index (χ0v) is 21.0. The Balaban J connectivity index is 1.38. The summed E-state index contributed by atoms with van der Waals surface area (Å²) in [6.45, 7) is 1.63. The first-order valence-corrected chi connectivity index (χ1v) is 13.6. The molecular weight excluding hydrogens is 490 g/mol. The Hall–Kier alpha value is -4.02. The summed E-state index contributed by atoms with van der Waals surface area (Å²) in [7, 11) is -3.50. The van der Waals surface area contributed by atoms with E-state index < -0.39 is 10.0 Å². The number of ether oxygens (including phenoxy) is 1. The van der Waals surface area contributed by atoms with Gasteiger partial charge in [-0.1, -0.05) is 54.6 Å². The first-order chi connectivity index (χ1) is 18.0. The molecule has 10 heteroatoms. The van der Waals surface area contributed by atoms with E-state index in [2.05, 4.69) is 10.1 Å². The molecule has 3 heterocycles. The number of pyridine rings is 1. The van der Waals surface area contributed by atoms with Crippen LogP contribution in [0.25, 0.3) is 5.69 Å². The third-order valence-electron chi connectivity index (χ3n) is 6.19. The lowest BCUT2D eigenvalue weighted by molar-refractivity contribution is 0.297. The number of aromatic nitrogens is 3. The zero-order chi connectivity index (χ0) is 25.7. The van der Waals surface area contributed by atoms with Gasteiger partial charge in [0.05, 0.1) is 17.6 Å². The molecule has 1 aliphatic rings. The van der Waals surface area contributed by atoms with E-state index >= 15 is 0 Å². The first-order valence-electron chi connectivity index (χ1n) is 12.0. The largest absolute Gasteiger partial charge is 0.481 e. The summed E-state index contributed by atoms with van der Waals surface area (Å²) >= 11 is 0. The molecular formula is C27H27N5O4S. The van der Waals surface area contributed by atoms with Crippen LogP contribution >= 0.6 is 0 Å². The Labute approximate surface area is 215 Å². The fourth-order valence-electron chi connectivity index (χ4n) is 4.27. The maximum atomic E-state index is 13.5. The molecule has 190 valence electrons. The van der Waals surface area contributed by atoms with Gasteiger partial charge in [0.2, 0.25) is 15.8 Å². The highest BCUT2D eigenvalue weighted by Crippen LogP contribution is 2.27. The number of hydrogen-bond acceptors (Lipinski definition) is 7. The summed E-state index contributed by atoms with van der Waals surface area (Å²) in [5.74, 6) is 0.0930. The lowest BCUT2D eigenvalue weighted by atomic mass is 10.2. The minimum absolute atomic E-state index is 0.0963. The molecule has 1 fully saturated rings. The monoisotopic (exact) mass is 517 g/mol. The molecule has 0 spiro atoms. The Morgan fingerprint density at radius 3 is 2.16 bits per heavy atom. The van der Waals surface area contributed by atoms with Crippen LogP contribution in [0.1, 0.15) is 11.1 Å². The predicted octanol–water partition coefficient (Wildman–Crippen LogP) is 2.86. The molecule has 2 aromatic heterocycles. The third-order valence-corrected chi connectivity index (χ3v) is 8.04. The summed E-state index contributed by atoms with van der Waals surface area (Å²) in [4.78, 5) is 19.5. The second kappa shape index (κ2) is 10.9. The van der Waals surface area contributed by atoms with Gasteiger partial charge in [-0.15, -0.1) is 0 Å². The molecule has 5 rings (SSSR count). The molecule has 2 aromatic carbocycles. The van der Waals surface area contributed by atoms with Crippen LogP contribution in [0.15, 0.2) is 96.2 Å². The van der Waals surface area contributed by atoms with E-state index in [4.69, 9.17) is 4.74 Å². The normalized spacial score (nSPS) is 14.4. The van der Waals surface area contributed by atoms with Crippen molar-refractivity contribution in [2.45, 2.75) is 12.4 Å². The lowest BCUT2D eigenvalue weighted by Crippen LogP contribution is -2.49. The average molecular weight is 518 g/mol. The van der Waals surface area contributed by atoms with Crippen molar-refractivity contribution in [1.82, 2.24) is 19.1 Å². The molecule has 0 radical (unpaired) electrons. The van der Waals surface area contributed by atoms with Crippen LogP contribution in [-0.4, -0.2) is 53.7 Å². The summed E-state index contributed by atoms with van der Waals surface area (Å²) in [6, 6.07) is 22.3. The summed E-state index contributed by atoms with van der Waals surface area (Å²) in [5.41, 5.74) is 2.40. The van der Waals surface area contributed by atoms with Crippen LogP contribution in [0.5, 0.6) is 5.75 Å². The quantitative estimate of drug-likeness (QED) is 0.355. The number of benzene rings is 2. The van der Waals surface area contributed by atoms with Crippen molar-refractivity contribution >= 4 is 15.7 Å². The average Bonchev–Trinajstić information content (AvgIpc) is 2.94. The standard InChI is InChI=1S/C27H27N5O4S/c33-27-26(36-20-22-8-3-1-4-9-22)25(19-29-32(27)24-11-5-2-6-12-24)30-14-16-31(17-15-30)37(34,35)21-23-10-7-13-28-18-23/h1-13,18-19H,14-17,20-21H2. The molecule has 1 aliphatic heterocycles. The number of anilines is 1. The van der Waals surface area contributed by atoms with Gasteiger partial charge >= 0.3 is 5.56 Å². The fourth-order valence-corrected chi connectivity index (χ4v) is 5.76.